The van der Waals surface area contributed by atoms with Crippen molar-refractivity contribution in [1.82, 2.24) is 28.9 Å². The van der Waals surface area contributed by atoms with Gasteiger partial charge in [0.2, 0.25) is 0 Å². The van der Waals surface area contributed by atoms with Crippen LogP contribution in [0.2, 0.25) is 0 Å². The molecule has 306 valence electrons. The molecule has 3 heterocycles. The van der Waals surface area contributed by atoms with Crippen molar-refractivity contribution in [2.45, 2.75) is 56.4 Å². The number of nitrogens with one attached hydrogen (secondary N) is 1. The molecular formula is C43H41BrF2N6O5S2. The third kappa shape index (κ3) is 8.57. The number of benzene rings is 4. The van der Waals surface area contributed by atoms with Crippen molar-refractivity contribution in [2.24, 2.45) is 7.05 Å². The summed E-state index contributed by atoms with van der Waals surface area (Å²) in [6.45, 7) is 7.21. The van der Waals surface area contributed by atoms with Gasteiger partial charge in [0.15, 0.2) is 23.2 Å². The SMILES string of the molecule is CC(=O)OCc1c(Oc2ccc(F)c(-c3nc(C(C)(CCSCC(C)(C)c4cn[nH]c4)c4cccc(Br)c4)nn3C)c2)c(F)cc2c1ccn2S(=O)(=O)c1ccccc1. The maximum atomic E-state index is 16.2. The highest BCUT2D eigenvalue weighted by atomic mass is 79.9. The maximum absolute atomic E-state index is 16.2. The Morgan fingerprint density at radius 3 is 2.46 bits per heavy atom. The van der Waals surface area contributed by atoms with Crippen molar-refractivity contribution in [1.29, 1.82) is 0 Å². The number of aromatic nitrogens is 6. The summed E-state index contributed by atoms with van der Waals surface area (Å²) in [5, 5.41) is 12.1. The number of hydrogen-bond donors (Lipinski definition) is 1. The number of hydrogen-bond acceptors (Lipinski definition) is 9. The molecule has 0 aliphatic carbocycles. The molecule has 3 aromatic heterocycles. The van der Waals surface area contributed by atoms with Gasteiger partial charge in [0.05, 0.1) is 27.6 Å². The summed E-state index contributed by atoms with van der Waals surface area (Å²) in [5.41, 5.74) is 1.48. The third-order valence-electron chi connectivity index (χ3n) is 10.3. The van der Waals surface area contributed by atoms with Crippen LogP contribution < -0.4 is 4.74 Å². The molecule has 0 bridgehead atoms. The number of esters is 1. The van der Waals surface area contributed by atoms with E-state index in [2.05, 4.69) is 46.9 Å². The molecule has 7 aromatic rings. The molecule has 0 saturated heterocycles. The molecule has 1 N–H and O–H groups in total. The van der Waals surface area contributed by atoms with E-state index in [4.69, 9.17) is 19.6 Å². The Labute approximate surface area is 353 Å². The highest BCUT2D eigenvalue weighted by Crippen LogP contribution is 2.40. The van der Waals surface area contributed by atoms with E-state index in [-0.39, 0.29) is 49.7 Å². The standard InChI is InChI=1S/C43H41BrF2N6O5S2/c1-27(53)56-25-35-33-16-18-52(59(54,55)32-12-7-6-8-13-32)38(33)22-37(46)39(35)57-31-14-15-36(45)34(21-31)40-49-41(50-51(40)5)43(4,28-10-9-11-30(44)20-28)17-19-58-26-42(2,3)29-23-47-48-24-29/h6-16,18,20-24H,17,19,25-26H2,1-5H3,(H,47,48). The van der Waals surface area contributed by atoms with Crippen molar-refractivity contribution in [3.63, 3.8) is 0 Å². The van der Waals surface area contributed by atoms with Crippen molar-refractivity contribution >= 4 is 54.6 Å². The van der Waals surface area contributed by atoms with Crippen LogP contribution in [0.5, 0.6) is 11.5 Å². The van der Waals surface area contributed by atoms with Crippen molar-refractivity contribution in [3.05, 3.63) is 142 Å². The molecular weight excluding hydrogens is 863 g/mol. The number of thioether (sulfide) groups is 1. The summed E-state index contributed by atoms with van der Waals surface area (Å²) >= 11 is 5.43. The van der Waals surface area contributed by atoms with Gasteiger partial charge in [0, 0.05) is 59.0 Å². The second kappa shape index (κ2) is 16.7. The Kier molecular flexibility index (Phi) is 11.9. The number of carbonyl (C=O) groups excluding carboxylic acids is 1. The first-order valence-electron chi connectivity index (χ1n) is 18.6. The van der Waals surface area contributed by atoms with Crippen molar-refractivity contribution in [2.75, 3.05) is 11.5 Å². The van der Waals surface area contributed by atoms with Gasteiger partial charge in [-0.1, -0.05) is 60.1 Å². The van der Waals surface area contributed by atoms with E-state index < -0.39 is 39.6 Å². The highest BCUT2D eigenvalue weighted by Gasteiger charge is 2.35. The van der Waals surface area contributed by atoms with Gasteiger partial charge in [-0.15, -0.1) is 0 Å². The second-order valence-corrected chi connectivity index (χ2v) is 18.8. The summed E-state index contributed by atoms with van der Waals surface area (Å²) in [6, 6.07) is 22.2. The Bertz CT molecular complexity index is 2760. The van der Waals surface area contributed by atoms with Crippen LogP contribution in [0.25, 0.3) is 22.3 Å². The minimum atomic E-state index is -4.12. The molecule has 0 fully saturated rings. The van der Waals surface area contributed by atoms with Gasteiger partial charge >= 0.3 is 5.97 Å². The number of carbonyl (C=O) groups is 1. The van der Waals surface area contributed by atoms with Crippen LogP contribution in [0.3, 0.4) is 0 Å². The summed E-state index contributed by atoms with van der Waals surface area (Å²) in [6.07, 6.45) is 5.74. The van der Waals surface area contributed by atoms with Gasteiger partial charge in [-0.25, -0.2) is 30.8 Å². The van der Waals surface area contributed by atoms with Crippen LogP contribution in [0.1, 0.15) is 56.6 Å². The second-order valence-electron chi connectivity index (χ2n) is 15.0. The predicted molar refractivity (Wildman–Crippen MR) is 227 cm³/mol. The van der Waals surface area contributed by atoms with Crippen LogP contribution in [0.4, 0.5) is 8.78 Å². The van der Waals surface area contributed by atoms with E-state index in [9.17, 15) is 13.2 Å². The summed E-state index contributed by atoms with van der Waals surface area (Å²) in [4.78, 5) is 16.9. The first-order chi connectivity index (χ1) is 28.1. The quantitative estimate of drug-likeness (QED) is 0.0789. The summed E-state index contributed by atoms with van der Waals surface area (Å²) < 4.78 is 74.0. The third-order valence-corrected chi connectivity index (χ3v) is 13.9. The molecule has 1 unspecified atom stereocenters. The fourth-order valence-electron chi connectivity index (χ4n) is 6.85. The topological polar surface area (TPSA) is 134 Å². The zero-order chi connectivity index (χ0) is 42.1. The Hall–Kier alpha value is -5.32. The number of halogens is 3. The fourth-order valence-corrected chi connectivity index (χ4v) is 9.99. The average molecular weight is 904 g/mol. The lowest BCUT2D eigenvalue weighted by molar-refractivity contribution is -0.142. The van der Waals surface area contributed by atoms with E-state index in [0.717, 1.165) is 37.1 Å². The molecule has 1 atom stereocenters. The average Bonchev–Trinajstić information content (AvgIpc) is 3.99. The molecule has 59 heavy (non-hydrogen) atoms. The Morgan fingerprint density at radius 1 is 0.966 bits per heavy atom. The van der Waals surface area contributed by atoms with Gasteiger partial charge in [-0.2, -0.15) is 22.0 Å². The number of fused-ring (bicyclic) bond motifs is 1. The predicted octanol–water partition coefficient (Wildman–Crippen LogP) is 9.70. The molecule has 0 amide bonds. The first kappa shape index (κ1) is 41.8. The maximum Gasteiger partial charge on any atom is 0.302 e. The summed E-state index contributed by atoms with van der Waals surface area (Å²) in [5.74, 6) is -0.0988. The van der Waals surface area contributed by atoms with Crippen LogP contribution in [-0.2, 0) is 44.0 Å². The normalized spacial score (nSPS) is 13.1. The molecule has 0 saturated carbocycles. The van der Waals surface area contributed by atoms with E-state index in [1.165, 1.54) is 54.2 Å². The van der Waals surface area contributed by atoms with Crippen LogP contribution in [0, 0.1) is 11.6 Å². The Morgan fingerprint density at radius 2 is 1.75 bits per heavy atom. The van der Waals surface area contributed by atoms with Gasteiger partial charge in [0.25, 0.3) is 10.0 Å². The van der Waals surface area contributed by atoms with Crippen LogP contribution in [-0.4, -0.2) is 54.8 Å². The molecule has 11 nitrogen and oxygen atoms in total. The zero-order valence-electron chi connectivity index (χ0n) is 32.9. The minimum Gasteiger partial charge on any atom is -0.461 e. The number of aryl methyl sites for hydroxylation is 1. The molecule has 0 aliphatic heterocycles. The van der Waals surface area contributed by atoms with Gasteiger partial charge in [-0.05, 0) is 78.8 Å². The van der Waals surface area contributed by atoms with Gasteiger partial charge < -0.3 is 9.47 Å². The largest absolute Gasteiger partial charge is 0.461 e. The van der Waals surface area contributed by atoms with E-state index in [1.54, 1.807) is 25.2 Å². The minimum absolute atomic E-state index is 0.00632. The van der Waals surface area contributed by atoms with Crippen LogP contribution >= 0.6 is 27.7 Å². The molecule has 0 spiro atoms. The first-order valence-corrected chi connectivity index (χ1v) is 22.0. The van der Waals surface area contributed by atoms with Crippen LogP contribution in [0.15, 0.2) is 113 Å². The molecule has 4 aromatic carbocycles. The van der Waals surface area contributed by atoms with Crippen molar-refractivity contribution < 1.29 is 31.5 Å². The molecule has 16 heteroatoms. The lowest BCUT2D eigenvalue weighted by atomic mass is 9.79. The lowest BCUT2D eigenvalue weighted by Crippen LogP contribution is -2.27. The molecule has 0 aliphatic rings. The molecule has 7 rings (SSSR count). The number of aromatic amines is 1. The number of H-pyrrole nitrogens is 1. The van der Waals surface area contributed by atoms with E-state index >= 15 is 8.78 Å². The summed E-state index contributed by atoms with van der Waals surface area (Å²) in [7, 11) is -2.43. The number of ether oxygens (including phenoxy) is 2. The number of nitrogens with zero attached hydrogens (tertiary/aromatic N) is 5. The number of rotatable bonds is 15. The fraction of sp³-hybridized carbons (Fsp3) is 0.256. The lowest BCUT2D eigenvalue weighted by Gasteiger charge is -2.28. The van der Waals surface area contributed by atoms with Crippen molar-refractivity contribution in [3.8, 4) is 22.9 Å². The highest BCUT2D eigenvalue weighted by molar-refractivity contribution is 9.10. The molecule has 0 radical (unpaired) electrons. The van der Waals surface area contributed by atoms with Gasteiger partial charge in [0.1, 0.15) is 18.2 Å². The zero-order valence-corrected chi connectivity index (χ0v) is 36.1. The Balaban J connectivity index is 1.22. The van der Waals surface area contributed by atoms with E-state index in [1.807, 2.05) is 48.4 Å². The van der Waals surface area contributed by atoms with E-state index in [0.29, 0.717) is 12.2 Å². The van der Waals surface area contributed by atoms with Gasteiger partial charge in [-0.3, -0.25) is 9.89 Å². The smallest absolute Gasteiger partial charge is 0.302 e. The monoisotopic (exact) mass is 902 g/mol.